The fraction of sp³-hybridized carbons (Fsp3) is 0. The van der Waals surface area contributed by atoms with Gasteiger partial charge < -0.3 is 0 Å². The first-order valence-electron chi connectivity index (χ1n) is 16.4. The van der Waals surface area contributed by atoms with Gasteiger partial charge in [-0.25, -0.2) is 9.97 Å². The Balaban J connectivity index is 1.40. The zero-order chi connectivity index (χ0) is 32.1. The first-order valence-corrected chi connectivity index (χ1v) is 18.1. The van der Waals surface area contributed by atoms with Crippen LogP contribution in [0.1, 0.15) is 0 Å². The average Bonchev–Trinajstić information content (AvgIpc) is 3.84. The summed E-state index contributed by atoms with van der Waals surface area (Å²) in [6.07, 6.45) is 0. The van der Waals surface area contributed by atoms with Crippen molar-refractivity contribution in [1.29, 1.82) is 0 Å². The first-order chi connectivity index (χ1) is 24.3. The van der Waals surface area contributed by atoms with E-state index >= 15 is 0 Å². The van der Waals surface area contributed by atoms with Crippen molar-refractivity contribution < 1.29 is 0 Å². The van der Waals surface area contributed by atoms with Gasteiger partial charge in [0, 0.05) is 62.1 Å². The van der Waals surface area contributed by atoms with E-state index in [1.54, 1.807) is 0 Å². The maximum atomic E-state index is 5.47. The van der Waals surface area contributed by atoms with Crippen LogP contribution in [0, 0.1) is 0 Å². The molecule has 4 aromatic heterocycles. The zero-order valence-electron chi connectivity index (χ0n) is 26.1. The number of nitrogens with zero attached hydrogens (tertiary/aromatic N) is 3. The van der Waals surface area contributed by atoms with Crippen LogP contribution in [0.3, 0.4) is 0 Å². The van der Waals surface area contributed by atoms with Crippen molar-refractivity contribution in [3.63, 3.8) is 0 Å². The molecule has 0 spiro atoms. The molecule has 3 nitrogen and oxygen atoms in total. The van der Waals surface area contributed by atoms with E-state index in [4.69, 9.17) is 9.97 Å². The Labute approximate surface area is 289 Å². The Morgan fingerprint density at radius 1 is 0.429 bits per heavy atom. The van der Waals surface area contributed by atoms with Gasteiger partial charge in [-0.15, -0.1) is 22.7 Å². The summed E-state index contributed by atoms with van der Waals surface area (Å²) in [5.41, 5.74) is 7.56. The minimum atomic E-state index is 0.680. The Kier molecular flexibility index (Phi) is 5.70. The van der Waals surface area contributed by atoms with Gasteiger partial charge in [0.2, 0.25) is 5.95 Å². The second-order valence-electron chi connectivity index (χ2n) is 12.5. The molecule has 7 aromatic carbocycles. The van der Waals surface area contributed by atoms with Crippen LogP contribution in [0.2, 0.25) is 0 Å². The van der Waals surface area contributed by atoms with E-state index in [0.29, 0.717) is 5.95 Å². The van der Waals surface area contributed by atoms with Gasteiger partial charge in [0.25, 0.3) is 0 Å². The van der Waals surface area contributed by atoms with E-state index in [1.165, 1.54) is 67.8 Å². The molecule has 0 atom stereocenters. The smallest absolute Gasteiger partial charge is 0.235 e. The van der Waals surface area contributed by atoms with Crippen LogP contribution < -0.4 is 0 Å². The lowest BCUT2D eigenvalue weighted by molar-refractivity contribution is 1.02. The summed E-state index contributed by atoms with van der Waals surface area (Å²) in [5, 5.41) is 8.71. The van der Waals surface area contributed by atoms with E-state index in [9.17, 15) is 0 Å². The molecule has 0 unspecified atom stereocenters. The number of hydrogen-bond donors (Lipinski definition) is 0. The maximum Gasteiger partial charge on any atom is 0.235 e. The van der Waals surface area contributed by atoms with Crippen LogP contribution in [0.4, 0.5) is 0 Å². The predicted octanol–water partition coefficient (Wildman–Crippen LogP) is 12.8. The fourth-order valence-corrected chi connectivity index (χ4v) is 10.3. The van der Waals surface area contributed by atoms with Crippen LogP contribution in [-0.4, -0.2) is 14.5 Å². The molecule has 5 heteroatoms. The molecule has 0 saturated carbocycles. The van der Waals surface area contributed by atoms with Crippen molar-refractivity contribution in [1.82, 2.24) is 14.5 Å². The van der Waals surface area contributed by atoms with Crippen LogP contribution >= 0.6 is 22.7 Å². The molecule has 0 amide bonds. The molecule has 0 aliphatic heterocycles. The topological polar surface area (TPSA) is 30.7 Å². The Morgan fingerprint density at radius 2 is 1.00 bits per heavy atom. The van der Waals surface area contributed by atoms with Gasteiger partial charge in [0.15, 0.2) is 0 Å². The fourth-order valence-electron chi connectivity index (χ4n) is 7.66. The lowest BCUT2D eigenvalue weighted by Crippen LogP contribution is -2.03. The molecular formula is C44H25N3S2. The lowest BCUT2D eigenvalue weighted by Gasteiger charge is -2.13. The number of hydrogen-bond acceptors (Lipinski definition) is 4. The summed E-state index contributed by atoms with van der Waals surface area (Å²) in [7, 11) is 0. The molecule has 0 saturated heterocycles. The van der Waals surface area contributed by atoms with Crippen molar-refractivity contribution in [2.24, 2.45) is 0 Å². The van der Waals surface area contributed by atoms with Crippen LogP contribution in [0.5, 0.6) is 0 Å². The molecule has 11 rings (SSSR count). The number of fused-ring (bicyclic) bond motifs is 13. The Bertz CT molecular complexity index is 3100. The minimum Gasteiger partial charge on any atom is -0.277 e. The molecule has 0 aliphatic carbocycles. The van der Waals surface area contributed by atoms with Crippen molar-refractivity contribution in [3.8, 4) is 28.3 Å². The van der Waals surface area contributed by atoms with E-state index in [1.807, 2.05) is 22.7 Å². The molecule has 0 N–H and O–H groups in total. The second kappa shape index (κ2) is 10.3. The van der Waals surface area contributed by atoms with E-state index in [-0.39, 0.29) is 0 Å². The maximum absolute atomic E-state index is 5.47. The summed E-state index contributed by atoms with van der Waals surface area (Å²) >= 11 is 3.79. The molecule has 4 heterocycles. The van der Waals surface area contributed by atoms with Crippen molar-refractivity contribution in [2.45, 2.75) is 0 Å². The predicted molar refractivity (Wildman–Crippen MR) is 211 cm³/mol. The molecule has 0 radical (unpaired) electrons. The molecule has 11 aromatic rings. The zero-order valence-corrected chi connectivity index (χ0v) is 27.7. The molecule has 49 heavy (non-hydrogen) atoms. The Hall–Kier alpha value is -5.88. The van der Waals surface area contributed by atoms with Crippen LogP contribution in [0.15, 0.2) is 152 Å². The molecule has 0 aliphatic rings. The highest BCUT2D eigenvalue weighted by atomic mass is 32.1. The Morgan fingerprint density at radius 3 is 1.71 bits per heavy atom. The normalized spacial score (nSPS) is 12.1. The summed E-state index contributed by atoms with van der Waals surface area (Å²) < 4.78 is 7.58. The van der Waals surface area contributed by atoms with Gasteiger partial charge >= 0.3 is 0 Å². The summed E-state index contributed by atoms with van der Waals surface area (Å²) in [4.78, 5) is 10.8. The molecular weight excluding hydrogens is 635 g/mol. The quantitative estimate of drug-likeness (QED) is 0.189. The van der Waals surface area contributed by atoms with Crippen molar-refractivity contribution in [2.75, 3.05) is 0 Å². The largest absolute Gasteiger partial charge is 0.277 e. The summed E-state index contributed by atoms with van der Waals surface area (Å²) in [5.74, 6) is 0.680. The minimum absolute atomic E-state index is 0.680. The third-order valence-electron chi connectivity index (χ3n) is 9.80. The summed E-state index contributed by atoms with van der Waals surface area (Å²) in [6, 6.07) is 54.2. The van der Waals surface area contributed by atoms with E-state index < -0.39 is 0 Å². The second-order valence-corrected chi connectivity index (χ2v) is 14.6. The highest BCUT2D eigenvalue weighted by molar-refractivity contribution is 7.30. The third kappa shape index (κ3) is 3.88. The molecule has 0 bridgehead atoms. The summed E-state index contributed by atoms with van der Waals surface area (Å²) in [6.45, 7) is 0. The number of rotatable bonds is 3. The highest BCUT2D eigenvalue weighted by Gasteiger charge is 2.26. The number of aromatic nitrogens is 3. The molecule has 228 valence electrons. The SMILES string of the molecule is c1ccc(-c2ccc3c4c5sc6ccccc6c5c5sc6ccccc6c5c4n(-c4nc(-c5ccccc5)c5ccccc5n4)c3c2)cc1. The van der Waals surface area contributed by atoms with Gasteiger partial charge in [0.05, 0.1) is 22.2 Å². The van der Waals surface area contributed by atoms with Crippen LogP contribution in [-0.2, 0) is 0 Å². The number of para-hydroxylation sites is 1. The first kappa shape index (κ1) is 27.1. The van der Waals surface area contributed by atoms with Gasteiger partial charge in [-0.1, -0.05) is 127 Å². The van der Waals surface area contributed by atoms with Gasteiger partial charge in [-0.2, -0.15) is 0 Å². The monoisotopic (exact) mass is 659 g/mol. The van der Waals surface area contributed by atoms with Gasteiger partial charge in [0.1, 0.15) is 0 Å². The third-order valence-corrected chi connectivity index (χ3v) is 12.2. The van der Waals surface area contributed by atoms with Gasteiger partial charge in [-0.05, 0) is 35.4 Å². The van der Waals surface area contributed by atoms with E-state index in [0.717, 1.165) is 27.7 Å². The molecule has 0 fully saturated rings. The average molecular weight is 660 g/mol. The van der Waals surface area contributed by atoms with E-state index in [2.05, 4.69) is 156 Å². The highest BCUT2D eigenvalue weighted by Crippen LogP contribution is 2.52. The van der Waals surface area contributed by atoms with Crippen molar-refractivity contribution in [3.05, 3.63) is 152 Å². The number of benzene rings is 7. The lowest BCUT2D eigenvalue weighted by atomic mass is 10.0. The number of thiophene rings is 2. The van der Waals surface area contributed by atoms with Crippen molar-refractivity contribution >= 4 is 95.7 Å². The van der Waals surface area contributed by atoms with Gasteiger partial charge in [-0.3, -0.25) is 4.57 Å². The standard InChI is InChI=1S/C44H25N3S2/c1-3-13-26(14-4-1)28-23-24-30-34(25-28)47(44-45-33-20-10-7-17-29(33)40(46-44)27-15-5-2-6-16-27)41-37(30)42-39(32-19-9-12-22-36(32)49-42)43-38(41)31-18-8-11-21-35(31)48-43/h1-25H. The van der Waals surface area contributed by atoms with Crippen LogP contribution in [0.25, 0.3) is 101 Å².